The van der Waals surface area contributed by atoms with Gasteiger partial charge in [-0.25, -0.2) is 4.98 Å². The number of esters is 1. The highest BCUT2D eigenvalue weighted by Crippen LogP contribution is 2.03. The summed E-state index contributed by atoms with van der Waals surface area (Å²) in [5.41, 5.74) is 8.05. The van der Waals surface area contributed by atoms with Gasteiger partial charge in [0, 0.05) is 11.8 Å². The van der Waals surface area contributed by atoms with Gasteiger partial charge in [0.2, 0.25) is 0 Å². The molecule has 0 bridgehead atoms. The Balaban J connectivity index is 2.47. The average Bonchev–Trinajstić information content (AvgIpc) is 2.55. The molecular weight excluding hydrogens is 176 g/mol. The third-order valence-electron chi connectivity index (χ3n) is 1.42. The molecule has 0 aliphatic heterocycles. The maximum atomic E-state index is 10.9. The van der Waals surface area contributed by atoms with Crippen LogP contribution >= 0.6 is 11.3 Å². The van der Waals surface area contributed by atoms with Crippen LogP contribution in [0.15, 0.2) is 10.9 Å². The van der Waals surface area contributed by atoms with Crippen LogP contribution < -0.4 is 5.73 Å². The minimum atomic E-state index is -0.600. The van der Waals surface area contributed by atoms with Gasteiger partial charge in [-0.3, -0.25) is 4.79 Å². The number of hydrogen-bond acceptors (Lipinski definition) is 5. The van der Waals surface area contributed by atoms with E-state index in [1.165, 1.54) is 18.4 Å². The minimum Gasteiger partial charge on any atom is -0.468 e. The summed E-state index contributed by atoms with van der Waals surface area (Å²) < 4.78 is 4.47. The molecule has 12 heavy (non-hydrogen) atoms. The fraction of sp³-hybridized carbons (Fsp3) is 0.429. The molecule has 1 rings (SSSR count). The summed E-state index contributed by atoms with van der Waals surface area (Å²) in [7, 11) is 1.32. The Labute approximate surface area is 74.4 Å². The number of aromatic nitrogens is 1. The maximum Gasteiger partial charge on any atom is 0.323 e. The molecule has 0 spiro atoms. The summed E-state index contributed by atoms with van der Waals surface area (Å²) >= 11 is 1.48. The molecule has 1 aromatic heterocycles. The Morgan fingerprint density at radius 3 is 3.17 bits per heavy atom. The van der Waals surface area contributed by atoms with Gasteiger partial charge in [0.05, 0.1) is 18.3 Å². The molecule has 0 unspecified atom stereocenters. The Morgan fingerprint density at radius 2 is 2.67 bits per heavy atom. The first-order chi connectivity index (χ1) is 5.74. The highest BCUT2D eigenvalue weighted by molar-refractivity contribution is 7.07. The SMILES string of the molecule is COC(=O)[C@H](N)Cc1cscn1. The average molecular weight is 186 g/mol. The molecule has 1 aromatic rings. The first-order valence-electron chi connectivity index (χ1n) is 3.44. The number of thiazole rings is 1. The van der Waals surface area contributed by atoms with Gasteiger partial charge in [-0.15, -0.1) is 11.3 Å². The number of ether oxygens (including phenoxy) is 1. The normalized spacial score (nSPS) is 12.5. The number of nitrogens with zero attached hydrogens (tertiary/aromatic N) is 1. The van der Waals surface area contributed by atoms with Crippen LogP contribution in [-0.2, 0) is 16.0 Å². The van der Waals surface area contributed by atoms with Crippen molar-refractivity contribution in [1.29, 1.82) is 0 Å². The zero-order valence-electron chi connectivity index (χ0n) is 6.69. The van der Waals surface area contributed by atoms with Crippen molar-refractivity contribution in [3.05, 3.63) is 16.6 Å². The monoisotopic (exact) mass is 186 g/mol. The van der Waals surface area contributed by atoms with Crippen LogP contribution in [0.4, 0.5) is 0 Å². The van der Waals surface area contributed by atoms with E-state index in [9.17, 15) is 4.79 Å². The van der Waals surface area contributed by atoms with Crippen LogP contribution in [0.5, 0.6) is 0 Å². The van der Waals surface area contributed by atoms with E-state index >= 15 is 0 Å². The molecule has 0 fully saturated rings. The quantitative estimate of drug-likeness (QED) is 0.684. The van der Waals surface area contributed by atoms with Crippen LogP contribution in [0.3, 0.4) is 0 Å². The second kappa shape index (κ2) is 4.18. The summed E-state index contributed by atoms with van der Waals surface area (Å²) in [6.07, 6.45) is 0.441. The molecule has 0 aliphatic carbocycles. The first-order valence-corrected chi connectivity index (χ1v) is 4.39. The van der Waals surface area contributed by atoms with E-state index < -0.39 is 12.0 Å². The largest absolute Gasteiger partial charge is 0.468 e. The van der Waals surface area contributed by atoms with Crippen molar-refractivity contribution >= 4 is 17.3 Å². The van der Waals surface area contributed by atoms with Crippen LogP contribution in [0.25, 0.3) is 0 Å². The van der Waals surface area contributed by atoms with Gasteiger partial charge < -0.3 is 10.5 Å². The Kier molecular flexibility index (Phi) is 3.19. The van der Waals surface area contributed by atoms with Gasteiger partial charge in [0.15, 0.2) is 0 Å². The summed E-state index contributed by atoms with van der Waals surface area (Å²) in [5.74, 6) is -0.400. The number of rotatable bonds is 3. The number of hydrogen-bond donors (Lipinski definition) is 1. The maximum absolute atomic E-state index is 10.9. The van der Waals surface area contributed by atoms with E-state index in [1.54, 1.807) is 5.51 Å². The van der Waals surface area contributed by atoms with Crippen molar-refractivity contribution < 1.29 is 9.53 Å². The number of carbonyl (C=O) groups is 1. The molecule has 0 amide bonds. The summed E-state index contributed by atoms with van der Waals surface area (Å²) in [6, 6.07) is -0.600. The van der Waals surface area contributed by atoms with Crippen molar-refractivity contribution in [3.63, 3.8) is 0 Å². The van der Waals surface area contributed by atoms with E-state index in [2.05, 4.69) is 9.72 Å². The minimum absolute atomic E-state index is 0.400. The van der Waals surface area contributed by atoms with Gasteiger partial charge in [-0.2, -0.15) is 0 Å². The molecule has 2 N–H and O–H groups in total. The number of nitrogens with two attached hydrogens (primary N) is 1. The lowest BCUT2D eigenvalue weighted by molar-refractivity contribution is -0.142. The second-order valence-electron chi connectivity index (χ2n) is 2.31. The van der Waals surface area contributed by atoms with Gasteiger partial charge in [-0.1, -0.05) is 0 Å². The van der Waals surface area contributed by atoms with Crippen LogP contribution in [0.1, 0.15) is 5.69 Å². The van der Waals surface area contributed by atoms with Crippen molar-refractivity contribution in [2.45, 2.75) is 12.5 Å². The Bertz CT molecular complexity index is 248. The zero-order valence-corrected chi connectivity index (χ0v) is 7.50. The molecule has 0 saturated heterocycles. The molecule has 1 atom stereocenters. The predicted molar refractivity (Wildman–Crippen MR) is 45.8 cm³/mol. The van der Waals surface area contributed by atoms with E-state index in [1.807, 2.05) is 5.38 Å². The van der Waals surface area contributed by atoms with Crippen molar-refractivity contribution in [3.8, 4) is 0 Å². The fourth-order valence-electron chi connectivity index (χ4n) is 0.798. The molecule has 0 aromatic carbocycles. The third kappa shape index (κ3) is 2.28. The molecule has 0 aliphatic rings. The highest BCUT2D eigenvalue weighted by Gasteiger charge is 2.14. The lowest BCUT2D eigenvalue weighted by Crippen LogP contribution is -2.33. The molecule has 5 heteroatoms. The fourth-order valence-corrected chi connectivity index (χ4v) is 1.37. The summed E-state index contributed by atoms with van der Waals surface area (Å²) in [6.45, 7) is 0. The second-order valence-corrected chi connectivity index (χ2v) is 3.03. The van der Waals surface area contributed by atoms with E-state index in [0.717, 1.165) is 5.69 Å². The Morgan fingerprint density at radius 1 is 1.92 bits per heavy atom. The van der Waals surface area contributed by atoms with Crippen molar-refractivity contribution in [2.24, 2.45) is 5.73 Å². The van der Waals surface area contributed by atoms with Gasteiger partial charge >= 0.3 is 5.97 Å². The van der Waals surface area contributed by atoms with Crippen LogP contribution in [0, 0.1) is 0 Å². The molecule has 4 nitrogen and oxygen atoms in total. The highest BCUT2D eigenvalue weighted by atomic mass is 32.1. The Hall–Kier alpha value is -0.940. The standard InChI is InChI=1S/C7H10N2O2S/c1-11-7(10)6(8)2-5-3-12-4-9-5/h3-4,6H,2,8H2,1H3/t6-/m1/s1. The van der Waals surface area contributed by atoms with Gasteiger partial charge in [0.25, 0.3) is 0 Å². The summed E-state index contributed by atoms with van der Waals surface area (Å²) in [5, 5.41) is 1.86. The van der Waals surface area contributed by atoms with Crippen molar-refractivity contribution in [1.82, 2.24) is 4.98 Å². The number of carbonyl (C=O) groups excluding carboxylic acids is 1. The van der Waals surface area contributed by atoms with E-state index in [0.29, 0.717) is 6.42 Å². The van der Waals surface area contributed by atoms with E-state index in [-0.39, 0.29) is 0 Å². The number of methoxy groups -OCH3 is 1. The van der Waals surface area contributed by atoms with Crippen LogP contribution in [0.2, 0.25) is 0 Å². The molecule has 66 valence electrons. The molecule has 0 saturated carbocycles. The first kappa shape index (κ1) is 9.15. The van der Waals surface area contributed by atoms with Crippen LogP contribution in [-0.4, -0.2) is 24.1 Å². The summed E-state index contributed by atoms with van der Waals surface area (Å²) in [4.78, 5) is 14.9. The lowest BCUT2D eigenvalue weighted by atomic mass is 10.2. The smallest absolute Gasteiger partial charge is 0.323 e. The lowest BCUT2D eigenvalue weighted by Gasteiger charge is -2.05. The zero-order chi connectivity index (χ0) is 8.97. The van der Waals surface area contributed by atoms with Gasteiger partial charge in [-0.05, 0) is 0 Å². The third-order valence-corrected chi connectivity index (χ3v) is 2.05. The van der Waals surface area contributed by atoms with Crippen molar-refractivity contribution in [2.75, 3.05) is 7.11 Å². The molecule has 0 radical (unpaired) electrons. The topological polar surface area (TPSA) is 65.2 Å². The van der Waals surface area contributed by atoms with E-state index in [4.69, 9.17) is 5.73 Å². The predicted octanol–water partition coefficient (Wildman–Crippen LogP) is 0.186. The van der Waals surface area contributed by atoms with Gasteiger partial charge in [0.1, 0.15) is 6.04 Å². The molecular formula is C7H10N2O2S. The molecule has 1 heterocycles.